The van der Waals surface area contributed by atoms with Crippen LogP contribution in [0.25, 0.3) is 0 Å². The molecule has 2 aromatic rings. The van der Waals surface area contributed by atoms with E-state index in [1.54, 1.807) is 6.07 Å². The van der Waals surface area contributed by atoms with Crippen molar-refractivity contribution < 1.29 is 4.39 Å². The van der Waals surface area contributed by atoms with Crippen LogP contribution < -0.4 is 5.32 Å². The van der Waals surface area contributed by atoms with Crippen LogP contribution in [-0.2, 0) is 13.0 Å². The smallest absolute Gasteiger partial charge is 0.123 e. The summed E-state index contributed by atoms with van der Waals surface area (Å²) < 4.78 is 15.1. The Morgan fingerprint density at radius 2 is 2.15 bits per heavy atom. The maximum atomic E-state index is 13.1. The monoisotopic (exact) mass is 275 g/mol. The molecule has 1 aromatic carbocycles. The average Bonchev–Trinajstić information content (AvgIpc) is 2.86. The quantitative estimate of drug-likeness (QED) is 0.787. The van der Waals surface area contributed by atoms with Crippen LogP contribution in [0.4, 0.5) is 4.39 Å². The summed E-state index contributed by atoms with van der Waals surface area (Å²) in [6.45, 7) is 6.84. The van der Waals surface area contributed by atoms with E-state index in [-0.39, 0.29) is 5.82 Å². The number of aryl methyl sites for hydroxylation is 1. The molecule has 4 heteroatoms. The number of aromatic nitrogens is 2. The van der Waals surface area contributed by atoms with E-state index in [0.29, 0.717) is 0 Å². The fourth-order valence-corrected chi connectivity index (χ4v) is 2.17. The second-order valence-corrected chi connectivity index (χ2v) is 5.11. The van der Waals surface area contributed by atoms with E-state index in [1.807, 2.05) is 19.3 Å². The normalized spacial score (nSPS) is 10.9. The second kappa shape index (κ2) is 7.20. The molecule has 0 aliphatic rings. The van der Waals surface area contributed by atoms with Crippen LogP contribution in [-0.4, -0.2) is 22.6 Å². The minimum Gasteiger partial charge on any atom is -0.333 e. The summed E-state index contributed by atoms with van der Waals surface area (Å²) in [6.07, 6.45) is 6.00. The van der Waals surface area contributed by atoms with Gasteiger partial charge in [0.25, 0.3) is 0 Å². The van der Waals surface area contributed by atoms with Crippen molar-refractivity contribution in [3.05, 3.63) is 53.4 Å². The fraction of sp³-hybridized carbons (Fsp3) is 0.438. The highest BCUT2D eigenvalue weighted by Gasteiger charge is 2.03. The summed E-state index contributed by atoms with van der Waals surface area (Å²) in [4.78, 5) is 4.41. The van der Waals surface area contributed by atoms with Crippen molar-refractivity contribution in [2.45, 2.75) is 33.2 Å². The van der Waals surface area contributed by atoms with Crippen LogP contribution in [0.3, 0.4) is 0 Å². The van der Waals surface area contributed by atoms with E-state index in [2.05, 4.69) is 28.0 Å². The number of imidazole rings is 1. The zero-order chi connectivity index (χ0) is 14.4. The molecule has 0 amide bonds. The Morgan fingerprint density at radius 3 is 2.90 bits per heavy atom. The lowest BCUT2D eigenvalue weighted by Crippen LogP contribution is -2.17. The first-order chi connectivity index (χ1) is 9.69. The average molecular weight is 275 g/mol. The standard InChI is InChI=1S/C16H22FN3/c1-3-7-18-8-6-16-11-20(12-19-16)10-14-4-5-15(17)9-13(14)2/h4-5,9,11-12,18H,3,6-8,10H2,1-2H3. The Hall–Kier alpha value is -1.68. The van der Waals surface area contributed by atoms with E-state index >= 15 is 0 Å². The first kappa shape index (κ1) is 14.7. The fourth-order valence-electron chi connectivity index (χ4n) is 2.17. The maximum Gasteiger partial charge on any atom is 0.123 e. The van der Waals surface area contributed by atoms with Crippen LogP contribution in [0.15, 0.2) is 30.7 Å². The number of nitrogens with one attached hydrogen (secondary N) is 1. The number of benzene rings is 1. The Kier molecular flexibility index (Phi) is 5.30. The predicted molar refractivity (Wildman–Crippen MR) is 79.3 cm³/mol. The summed E-state index contributed by atoms with van der Waals surface area (Å²) in [5.74, 6) is -0.181. The van der Waals surface area contributed by atoms with Crippen LogP contribution in [0.1, 0.15) is 30.2 Å². The summed E-state index contributed by atoms with van der Waals surface area (Å²) in [6, 6.07) is 4.92. The van der Waals surface area contributed by atoms with E-state index in [9.17, 15) is 4.39 Å². The summed E-state index contributed by atoms with van der Waals surface area (Å²) in [5.41, 5.74) is 3.19. The molecule has 20 heavy (non-hydrogen) atoms. The van der Waals surface area contributed by atoms with Gasteiger partial charge in [-0.3, -0.25) is 0 Å². The SMILES string of the molecule is CCCNCCc1cn(Cc2ccc(F)cc2C)cn1. The molecule has 0 bridgehead atoms. The van der Waals surface area contributed by atoms with E-state index in [0.717, 1.165) is 49.3 Å². The number of hydrogen-bond acceptors (Lipinski definition) is 2. The molecule has 108 valence electrons. The van der Waals surface area contributed by atoms with Gasteiger partial charge in [0.2, 0.25) is 0 Å². The molecule has 0 saturated heterocycles. The lowest BCUT2D eigenvalue weighted by molar-refractivity contribution is 0.624. The number of nitrogens with zero attached hydrogens (tertiary/aromatic N) is 2. The van der Waals surface area contributed by atoms with E-state index < -0.39 is 0 Å². The van der Waals surface area contributed by atoms with Crippen molar-refractivity contribution in [1.29, 1.82) is 0 Å². The van der Waals surface area contributed by atoms with Gasteiger partial charge in [-0.2, -0.15) is 0 Å². The molecule has 0 fully saturated rings. The number of hydrogen-bond donors (Lipinski definition) is 1. The van der Waals surface area contributed by atoms with Crippen LogP contribution in [0.5, 0.6) is 0 Å². The Bertz CT molecular complexity index is 548. The Labute approximate surface area is 119 Å². The highest BCUT2D eigenvalue weighted by atomic mass is 19.1. The molecule has 0 unspecified atom stereocenters. The van der Waals surface area contributed by atoms with Gasteiger partial charge in [0.1, 0.15) is 5.82 Å². The molecule has 0 aliphatic heterocycles. The van der Waals surface area contributed by atoms with Crippen molar-refractivity contribution in [2.24, 2.45) is 0 Å². The lowest BCUT2D eigenvalue weighted by atomic mass is 10.1. The minimum absolute atomic E-state index is 0.181. The van der Waals surface area contributed by atoms with Crippen molar-refractivity contribution in [3.8, 4) is 0 Å². The van der Waals surface area contributed by atoms with Crippen molar-refractivity contribution in [2.75, 3.05) is 13.1 Å². The Balaban J connectivity index is 1.92. The van der Waals surface area contributed by atoms with Crippen molar-refractivity contribution in [3.63, 3.8) is 0 Å². The summed E-state index contributed by atoms with van der Waals surface area (Å²) >= 11 is 0. The highest BCUT2D eigenvalue weighted by molar-refractivity contribution is 5.26. The molecular weight excluding hydrogens is 253 g/mol. The number of halogens is 1. The largest absolute Gasteiger partial charge is 0.333 e. The van der Waals surface area contributed by atoms with Gasteiger partial charge >= 0.3 is 0 Å². The van der Waals surface area contributed by atoms with Crippen molar-refractivity contribution >= 4 is 0 Å². The molecule has 3 nitrogen and oxygen atoms in total. The van der Waals surface area contributed by atoms with Crippen LogP contribution in [0, 0.1) is 12.7 Å². The number of rotatable bonds is 7. The maximum absolute atomic E-state index is 13.1. The Morgan fingerprint density at radius 1 is 1.30 bits per heavy atom. The summed E-state index contributed by atoms with van der Waals surface area (Å²) in [7, 11) is 0. The van der Waals surface area contributed by atoms with Gasteiger partial charge < -0.3 is 9.88 Å². The first-order valence-electron chi connectivity index (χ1n) is 7.15. The third-order valence-corrected chi connectivity index (χ3v) is 3.33. The lowest BCUT2D eigenvalue weighted by Gasteiger charge is -2.06. The molecule has 0 atom stereocenters. The van der Waals surface area contributed by atoms with Gasteiger partial charge in [-0.25, -0.2) is 9.37 Å². The van der Waals surface area contributed by atoms with Crippen LogP contribution in [0.2, 0.25) is 0 Å². The van der Waals surface area contributed by atoms with Gasteiger partial charge in [0.05, 0.1) is 12.0 Å². The van der Waals surface area contributed by atoms with Gasteiger partial charge in [0.15, 0.2) is 0 Å². The topological polar surface area (TPSA) is 29.9 Å². The molecule has 0 radical (unpaired) electrons. The van der Waals surface area contributed by atoms with Gasteiger partial charge in [-0.1, -0.05) is 13.0 Å². The third kappa shape index (κ3) is 4.17. The second-order valence-electron chi connectivity index (χ2n) is 5.11. The molecular formula is C16H22FN3. The highest BCUT2D eigenvalue weighted by Crippen LogP contribution is 2.12. The van der Waals surface area contributed by atoms with E-state index in [4.69, 9.17) is 0 Å². The minimum atomic E-state index is -0.181. The molecule has 0 saturated carbocycles. The van der Waals surface area contributed by atoms with Gasteiger partial charge in [-0.05, 0) is 43.1 Å². The van der Waals surface area contributed by atoms with Crippen LogP contribution >= 0.6 is 0 Å². The van der Waals surface area contributed by atoms with Crippen molar-refractivity contribution in [1.82, 2.24) is 14.9 Å². The first-order valence-corrected chi connectivity index (χ1v) is 7.15. The summed E-state index contributed by atoms with van der Waals surface area (Å²) in [5, 5.41) is 3.37. The predicted octanol–water partition coefficient (Wildman–Crippen LogP) is 2.92. The van der Waals surface area contributed by atoms with E-state index in [1.165, 1.54) is 6.07 Å². The molecule has 1 aromatic heterocycles. The molecule has 2 rings (SSSR count). The molecule has 0 aliphatic carbocycles. The molecule has 1 heterocycles. The van der Waals surface area contributed by atoms with Gasteiger partial charge in [-0.15, -0.1) is 0 Å². The third-order valence-electron chi connectivity index (χ3n) is 3.33. The molecule has 0 spiro atoms. The molecule has 1 N–H and O–H groups in total. The van der Waals surface area contributed by atoms with Gasteiger partial charge in [0, 0.05) is 25.7 Å². The zero-order valence-electron chi connectivity index (χ0n) is 12.2. The zero-order valence-corrected chi connectivity index (χ0v) is 12.2.